The SMILES string of the molecule is CN1CCc2cc(CNCCc3ccncc3)ccc21. The first-order chi connectivity index (χ1) is 9.83. The maximum Gasteiger partial charge on any atom is 0.0397 e. The van der Waals surface area contributed by atoms with Crippen LogP contribution in [0.2, 0.25) is 0 Å². The molecule has 104 valence electrons. The Labute approximate surface area is 120 Å². The number of pyridine rings is 1. The highest BCUT2D eigenvalue weighted by atomic mass is 15.1. The van der Waals surface area contributed by atoms with Crippen molar-refractivity contribution in [3.8, 4) is 0 Å². The number of hydrogen-bond donors (Lipinski definition) is 1. The van der Waals surface area contributed by atoms with Crippen molar-refractivity contribution in [2.75, 3.05) is 25.0 Å². The molecular formula is C17H21N3. The van der Waals surface area contributed by atoms with Crippen LogP contribution in [-0.4, -0.2) is 25.1 Å². The van der Waals surface area contributed by atoms with Crippen molar-refractivity contribution < 1.29 is 0 Å². The molecule has 0 saturated heterocycles. The monoisotopic (exact) mass is 267 g/mol. The molecule has 0 bridgehead atoms. The third kappa shape index (κ3) is 2.99. The van der Waals surface area contributed by atoms with Gasteiger partial charge in [-0.3, -0.25) is 4.98 Å². The molecular weight excluding hydrogens is 246 g/mol. The molecule has 1 aromatic carbocycles. The molecule has 0 radical (unpaired) electrons. The molecule has 3 heteroatoms. The first kappa shape index (κ1) is 13.1. The van der Waals surface area contributed by atoms with Gasteiger partial charge in [-0.1, -0.05) is 12.1 Å². The van der Waals surface area contributed by atoms with E-state index in [0.717, 1.165) is 26.1 Å². The molecule has 2 aromatic rings. The first-order valence-electron chi connectivity index (χ1n) is 7.25. The topological polar surface area (TPSA) is 28.2 Å². The van der Waals surface area contributed by atoms with E-state index in [-0.39, 0.29) is 0 Å². The van der Waals surface area contributed by atoms with Gasteiger partial charge in [-0.05, 0) is 54.3 Å². The van der Waals surface area contributed by atoms with E-state index in [1.54, 1.807) is 0 Å². The van der Waals surface area contributed by atoms with Crippen molar-refractivity contribution in [1.29, 1.82) is 0 Å². The second-order valence-corrected chi connectivity index (χ2v) is 5.42. The summed E-state index contributed by atoms with van der Waals surface area (Å²) < 4.78 is 0. The molecule has 0 saturated carbocycles. The molecule has 0 unspecified atom stereocenters. The predicted octanol–water partition coefficient (Wildman–Crippen LogP) is 2.41. The Hall–Kier alpha value is -1.87. The van der Waals surface area contributed by atoms with E-state index >= 15 is 0 Å². The number of nitrogens with one attached hydrogen (secondary N) is 1. The van der Waals surface area contributed by atoms with Crippen LogP contribution in [0, 0.1) is 0 Å². The lowest BCUT2D eigenvalue weighted by Gasteiger charge is -2.12. The number of nitrogens with zero attached hydrogens (tertiary/aromatic N) is 2. The molecule has 20 heavy (non-hydrogen) atoms. The molecule has 3 nitrogen and oxygen atoms in total. The Bertz CT molecular complexity index is 566. The summed E-state index contributed by atoms with van der Waals surface area (Å²) in [6.07, 6.45) is 5.94. The third-order valence-electron chi connectivity index (χ3n) is 3.94. The van der Waals surface area contributed by atoms with Gasteiger partial charge in [-0.25, -0.2) is 0 Å². The van der Waals surface area contributed by atoms with Gasteiger partial charge in [0.1, 0.15) is 0 Å². The third-order valence-corrected chi connectivity index (χ3v) is 3.94. The van der Waals surface area contributed by atoms with Crippen LogP contribution in [0.5, 0.6) is 0 Å². The number of rotatable bonds is 5. The largest absolute Gasteiger partial charge is 0.374 e. The zero-order valence-corrected chi connectivity index (χ0v) is 12.0. The Morgan fingerprint density at radius 2 is 2.00 bits per heavy atom. The number of aromatic nitrogens is 1. The fraction of sp³-hybridized carbons (Fsp3) is 0.353. The lowest BCUT2D eigenvalue weighted by atomic mass is 10.1. The van der Waals surface area contributed by atoms with E-state index in [0.29, 0.717) is 0 Å². The van der Waals surface area contributed by atoms with Gasteiger partial charge in [0.2, 0.25) is 0 Å². The normalized spacial score (nSPS) is 13.6. The van der Waals surface area contributed by atoms with Gasteiger partial charge in [0.25, 0.3) is 0 Å². The summed E-state index contributed by atoms with van der Waals surface area (Å²) in [5.41, 5.74) is 5.60. The molecule has 1 aromatic heterocycles. The molecule has 1 aliphatic heterocycles. The summed E-state index contributed by atoms with van der Waals surface area (Å²) in [6, 6.07) is 11.0. The van der Waals surface area contributed by atoms with Crippen molar-refractivity contribution in [1.82, 2.24) is 10.3 Å². The van der Waals surface area contributed by atoms with Gasteiger partial charge in [0, 0.05) is 38.2 Å². The highest BCUT2D eigenvalue weighted by Crippen LogP contribution is 2.27. The van der Waals surface area contributed by atoms with Gasteiger partial charge in [-0.15, -0.1) is 0 Å². The second-order valence-electron chi connectivity index (χ2n) is 5.42. The summed E-state index contributed by atoms with van der Waals surface area (Å²) in [5, 5.41) is 3.52. The fourth-order valence-corrected chi connectivity index (χ4v) is 2.74. The number of anilines is 1. The Morgan fingerprint density at radius 1 is 1.15 bits per heavy atom. The van der Waals surface area contributed by atoms with Crippen LogP contribution in [0.15, 0.2) is 42.7 Å². The maximum atomic E-state index is 4.04. The van der Waals surface area contributed by atoms with Crippen LogP contribution < -0.4 is 10.2 Å². The number of fused-ring (bicyclic) bond motifs is 1. The Morgan fingerprint density at radius 3 is 2.85 bits per heavy atom. The number of hydrogen-bond acceptors (Lipinski definition) is 3. The second kappa shape index (κ2) is 6.06. The van der Waals surface area contributed by atoms with E-state index < -0.39 is 0 Å². The number of likely N-dealkylation sites (N-methyl/N-ethyl adjacent to an activating group) is 1. The molecule has 1 N–H and O–H groups in total. The molecule has 0 spiro atoms. The maximum absolute atomic E-state index is 4.04. The van der Waals surface area contributed by atoms with Gasteiger partial charge < -0.3 is 10.2 Å². The minimum atomic E-state index is 0.947. The highest BCUT2D eigenvalue weighted by Gasteiger charge is 2.15. The van der Waals surface area contributed by atoms with Gasteiger partial charge >= 0.3 is 0 Å². The predicted molar refractivity (Wildman–Crippen MR) is 83.1 cm³/mol. The lowest BCUT2D eigenvalue weighted by molar-refractivity contribution is 0.686. The van der Waals surface area contributed by atoms with E-state index in [4.69, 9.17) is 0 Å². The Balaban J connectivity index is 1.50. The summed E-state index contributed by atoms with van der Waals surface area (Å²) in [7, 11) is 2.17. The van der Waals surface area contributed by atoms with Crippen molar-refractivity contribution in [2.45, 2.75) is 19.4 Å². The van der Waals surface area contributed by atoms with Gasteiger partial charge in [-0.2, -0.15) is 0 Å². The minimum absolute atomic E-state index is 0.947. The zero-order chi connectivity index (χ0) is 13.8. The quantitative estimate of drug-likeness (QED) is 0.843. The van der Waals surface area contributed by atoms with E-state index in [1.807, 2.05) is 12.4 Å². The molecule has 0 fully saturated rings. The van der Waals surface area contributed by atoms with Crippen LogP contribution >= 0.6 is 0 Å². The minimum Gasteiger partial charge on any atom is -0.374 e. The smallest absolute Gasteiger partial charge is 0.0397 e. The summed E-state index contributed by atoms with van der Waals surface area (Å²) >= 11 is 0. The van der Waals surface area contributed by atoms with Crippen LogP contribution in [0.3, 0.4) is 0 Å². The lowest BCUT2D eigenvalue weighted by Crippen LogP contribution is -2.16. The molecule has 2 heterocycles. The first-order valence-corrected chi connectivity index (χ1v) is 7.25. The molecule has 1 aliphatic rings. The average molecular weight is 267 g/mol. The van der Waals surface area contributed by atoms with Crippen molar-refractivity contribution in [3.63, 3.8) is 0 Å². The van der Waals surface area contributed by atoms with Crippen LogP contribution in [0.1, 0.15) is 16.7 Å². The van der Waals surface area contributed by atoms with Crippen LogP contribution in [0.4, 0.5) is 5.69 Å². The fourth-order valence-electron chi connectivity index (χ4n) is 2.74. The highest BCUT2D eigenvalue weighted by molar-refractivity contribution is 5.58. The summed E-state index contributed by atoms with van der Waals surface area (Å²) in [4.78, 5) is 6.37. The zero-order valence-electron chi connectivity index (χ0n) is 12.0. The average Bonchev–Trinajstić information content (AvgIpc) is 2.86. The van der Waals surface area contributed by atoms with E-state index in [2.05, 4.69) is 52.6 Å². The summed E-state index contributed by atoms with van der Waals surface area (Å²) in [6.45, 7) is 3.09. The Kier molecular flexibility index (Phi) is 3.97. The van der Waals surface area contributed by atoms with Crippen molar-refractivity contribution in [2.24, 2.45) is 0 Å². The molecule has 3 rings (SSSR count). The van der Waals surface area contributed by atoms with Crippen LogP contribution in [0.25, 0.3) is 0 Å². The molecule has 0 amide bonds. The van der Waals surface area contributed by atoms with E-state index in [9.17, 15) is 0 Å². The van der Waals surface area contributed by atoms with Gasteiger partial charge in [0.15, 0.2) is 0 Å². The number of benzene rings is 1. The standard InChI is InChI=1S/C17H21N3/c1-20-11-7-16-12-15(2-3-17(16)20)13-19-10-6-14-4-8-18-9-5-14/h2-5,8-9,12,19H,6-7,10-11,13H2,1H3. The van der Waals surface area contributed by atoms with Crippen LogP contribution in [-0.2, 0) is 19.4 Å². The molecule has 0 atom stereocenters. The molecule has 0 aliphatic carbocycles. The van der Waals surface area contributed by atoms with Crippen molar-refractivity contribution in [3.05, 3.63) is 59.4 Å². The van der Waals surface area contributed by atoms with Crippen molar-refractivity contribution >= 4 is 5.69 Å². The van der Waals surface area contributed by atoms with E-state index in [1.165, 1.54) is 28.8 Å². The summed E-state index contributed by atoms with van der Waals surface area (Å²) in [5.74, 6) is 0. The van der Waals surface area contributed by atoms with Gasteiger partial charge in [0.05, 0.1) is 0 Å².